The van der Waals surface area contributed by atoms with Crippen molar-refractivity contribution in [3.05, 3.63) is 42.0 Å². The second-order valence-electron chi connectivity index (χ2n) is 4.01. The predicted octanol–water partition coefficient (Wildman–Crippen LogP) is 3.38. The first-order valence-corrected chi connectivity index (χ1v) is 5.30. The van der Waals surface area contributed by atoms with E-state index in [0.717, 1.165) is 19.3 Å². The molecule has 0 aromatic heterocycles. The SMILES string of the molecule is C=C(CC)CC1Cc2ccccc2N1. The molecule has 1 heterocycles. The van der Waals surface area contributed by atoms with Crippen LogP contribution in [0, 0.1) is 0 Å². The summed E-state index contributed by atoms with van der Waals surface area (Å²) in [5.74, 6) is 0. The van der Waals surface area contributed by atoms with Crippen LogP contribution in [0.1, 0.15) is 25.3 Å². The maximum atomic E-state index is 4.06. The van der Waals surface area contributed by atoms with Crippen LogP contribution in [0.2, 0.25) is 0 Å². The van der Waals surface area contributed by atoms with Gasteiger partial charge in [-0.3, -0.25) is 0 Å². The number of rotatable bonds is 3. The Morgan fingerprint density at radius 2 is 2.29 bits per heavy atom. The monoisotopic (exact) mass is 187 g/mol. The molecular weight excluding hydrogens is 170 g/mol. The average molecular weight is 187 g/mol. The Morgan fingerprint density at radius 1 is 1.50 bits per heavy atom. The molecule has 0 saturated heterocycles. The van der Waals surface area contributed by atoms with Gasteiger partial charge in [0.15, 0.2) is 0 Å². The summed E-state index contributed by atoms with van der Waals surface area (Å²) in [5, 5.41) is 3.54. The number of nitrogens with one attached hydrogen (secondary N) is 1. The van der Waals surface area contributed by atoms with Crippen molar-refractivity contribution in [3.63, 3.8) is 0 Å². The topological polar surface area (TPSA) is 12.0 Å². The summed E-state index contributed by atoms with van der Waals surface area (Å²) in [6.45, 7) is 6.23. The largest absolute Gasteiger partial charge is 0.381 e. The average Bonchev–Trinajstić information content (AvgIpc) is 2.59. The quantitative estimate of drug-likeness (QED) is 0.715. The van der Waals surface area contributed by atoms with E-state index in [1.807, 2.05) is 0 Å². The Hall–Kier alpha value is -1.24. The number of para-hydroxylation sites is 1. The fourth-order valence-corrected chi connectivity index (χ4v) is 1.99. The number of anilines is 1. The first kappa shape index (κ1) is 9.32. The van der Waals surface area contributed by atoms with Crippen molar-refractivity contribution in [2.24, 2.45) is 0 Å². The van der Waals surface area contributed by atoms with Gasteiger partial charge in [-0.1, -0.05) is 37.3 Å². The second kappa shape index (κ2) is 3.87. The van der Waals surface area contributed by atoms with Crippen LogP contribution in [0.5, 0.6) is 0 Å². The van der Waals surface area contributed by atoms with Crippen molar-refractivity contribution in [3.8, 4) is 0 Å². The summed E-state index contributed by atoms with van der Waals surface area (Å²) in [5.41, 5.74) is 4.10. The molecule has 1 aromatic rings. The summed E-state index contributed by atoms with van der Waals surface area (Å²) in [7, 11) is 0. The van der Waals surface area contributed by atoms with E-state index in [0.29, 0.717) is 6.04 Å². The first-order chi connectivity index (χ1) is 6.79. The maximum Gasteiger partial charge on any atom is 0.0375 e. The van der Waals surface area contributed by atoms with Gasteiger partial charge in [0.2, 0.25) is 0 Å². The Kier molecular flexibility index (Phi) is 2.58. The zero-order valence-electron chi connectivity index (χ0n) is 8.72. The lowest BCUT2D eigenvalue weighted by Crippen LogP contribution is -2.15. The van der Waals surface area contributed by atoms with E-state index in [1.165, 1.54) is 16.8 Å². The van der Waals surface area contributed by atoms with E-state index in [4.69, 9.17) is 0 Å². The highest BCUT2D eigenvalue weighted by Crippen LogP contribution is 2.28. The Labute approximate surface area is 85.8 Å². The van der Waals surface area contributed by atoms with E-state index in [-0.39, 0.29) is 0 Å². The standard InChI is InChI=1S/C13H17N/c1-3-10(2)8-12-9-11-6-4-5-7-13(11)14-12/h4-7,12,14H,2-3,8-9H2,1H3. The minimum atomic E-state index is 0.569. The summed E-state index contributed by atoms with van der Waals surface area (Å²) in [4.78, 5) is 0. The maximum absolute atomic E-state index is 4.06. The summed E-state index contributed by atoms with van der Waals surface area (Å²) in [6, 6.07) is 9.13. The third-order valence-electron chi connectivity index (χ3n) is 2.88. The van der Waals surface area contributed by atoms with Gasteiger partial charge < -0.3 is 5.32 Å². The minimum absolute atomic E-state index is 0.569. The Morgan fingerprint density at radius 3 is 3.00 bits per heavy atom. The molecule has 0 saturated carbocycles. The van der Waals surface area contributed by atoms with Crippen LogP contribution in [-0.4, -0.2) is 6.04 Å². The van der Waals surface area contributed by atoms with E-state index < -0.39 is 0 Å². The van der Waals surface area contributed by atoms with Crippen LogP contribution in [0.25, 0.3) is 0 Å². The highest BCUT2D eigenvalue weighted by molar-refractivity contribution is 5.56. The molecule has 1 aliphatic heterocycles. The second-order valence-corrected chi connectivity index (χ2v) is 4.01. The fraction of sp³-hybridized carbons (Fsp3) is 0.385. The van der Waals surface area contributed by atoms with Gasteiger partial charge >= 0.3 is 0 Å². The third kappa shape index (κ3) is 1.82. The number of benzene rings is 1. The molecule has 1 aromatic carbocycles. The third-order valence-corrected chi connectivity index (χ3v) is 2.88. The van der Waals surface area contributed by atoms with Crippen LogP contribution >= 0.6 is 0 Å². The van der Waals surface area contributed by atoms with Gasteiger partial charge in [-0.05, 0) is 30.9 Å². The van der Waals surface area contributed by atoms with Crippen molar-refractivity contribution in [1.29, 1.82) is 0 Å². The smallest absolute Gasteiger partial charge is 0.0375 e. The molecule has 0 radical (unpaired) electrons. The first-order valence-electron chi connectivity index (χ1n) is 5.30. The molecule has 1 aliphatic rings. The van der Waals surface area contributed by atoms with Gasteiger partial charge in [0, 0.05) is 11.7 Å². The molecule has 0 fully saturated rings. The molecule has 0 spiro atoms. The Bertz CT molecular complexity index is 316. The summed E-state index contributed by atoms with van der Waals surface area (Å²) in [6.07, 6.45) is 3.34. The van der Waals surface area contributed by atoms with Crippen LogP contribution < -0.4 is 5.32 Å². The minimum Gasteiger partial charge on any atom is -0.381 e. The molecule has 74 valence electrons. The lowest BCUT2D eigenvalue weighted by molar-refractivity contribution is 0.724. The van der Waals surface area contributed by atoms with Gasteiger partial charge in [-0.15, -0.1) is 0 Å². The lowest BCUT2D eigenvalue weighted by atomic mass is 10.0. The zero-order chi connectivity index (χ0) is 9.97. The molecule has 0 amide bonds. The summed E-state index contributed by atoms with van der Waals surface area (Å²) >= 11 is 0. The van der Waals surface area contributed by atoms with Crippen molar-refractivity contribution in [2.45, 2.75) is 32.2 Å². The molecule has 14 heavy (non-hydrogen) atoms. The molecule has 0 bridgehead atoms. The lowest BCUT2D eigenvalue weighted by Gasteiger charge is -2.11. The molecule has 1 atom stereocenters. The predicted molar refractivity (Wildman–Crippen MR) is 61.6 cm³/mol. The molecule has 1 heteroatoms. The van der Waals surface area contributed by atoms with E-state index in [9.17, 15) is 0 Å². The fourth-order valence-electron chi connectivity index (χ4n) is 1.99. The number of hydrogen-bond donors (Lipinski definition) is 1. The number of hydrogen-bond acceptors (Lipinski definition) is 1. The molecular formula is C13H17N. The van der Waals surface area contributed by atoms with E-state index in [2.05, 4.69) is 43.1 Å². The molecule has 0 aliphatic carbocycles. The molecule has 1 N–H and O–H groups in total. The normalized spacial score (nSPS) is 18.8. The highest BCUT2D eigenvalue weighted by Gasteiger charge is 2.19. The van der Waals surface area contributed by atoms with E-state index >= 15 is 0 Å². The van der Waals surface area contributed by atoms with Gasteiger partial charge in [0.25, 0.3) is 0 Å². The Balaban J connectivity index is 2.01. The molecule has 1 unspecified atom stereocenters. The van der Waals surface area contributed by atoms with Gasteiger partial charge in [0.1, 0.15) is 0 Å². The van der Waals surface area contributed by atoms with Crippen molar-refractivity contribution >= 4 is 5.69 Å². The molecule has 1 nitrogen and oxygen atoms in total. The van der Waals surface area contributed by atoms with Gasteiger partial charge in [-0.25, -0.2) is 0 Å². The van der Waals surface area contributed by atoms with Crippen molar-refractivity contribution < 1.29 is 0 Å². The van der Waals surface area contributed by atoms with Crippen molar-refractivity contribution in [1.82, 2.24) is 0 Å². The van der Waals surface area contributed by atoms with Crippen LogP contribution in [0.4, 0.5) is 5.69 Å². The van der Waals surface area contributed by atoms with Crippen molar-refractivity contribution in [2.75, 3.05) is 5.32 Å². The van der Waals surface area contributed by atoms with Crippen LogP contribution in [0.15, 0.2) is 36.4 Å². The van der Waals surface area contributed by atoms with Crippen LogP contribution in [-0.2, 0) is 6.42 Å². The van der Waals surface area contributed by atoms with Gasteiger partial charge in [0.05, 0.1) is 0 Å². The van der Waals surface area contributed by atoms with Crippen LogP contribution in [0.3, 0.4) is 0 Å². The number of fused-ring (bicyclic) bond motifs is 1. The van der Waals surface area contributed by atoms with E-state index in [1.54, 1.807) is 0 Å². The molecule has 2 rings (SSSR count). The summed E-state index contributed by atoms with van der Waals surface area (Å²) < 4.78 is 0. The highest BCUT2D eigenvalue weighted by atomic mass is 14.9. The van der Waals surface area contributed by atoms with Gasteiger partial charge in [-0.2, -0.15) is 0 Å². The zero-order valence-corrected chi connectivity index (χ0v) is 8.72.